The van der Waals surface area contributed by atoms with Crippen molar-refractivity contribution in [3.63, 3.8) is 0 Å². The largest absolute Gasteiger partial charge is 0.310 e. The molecule has 0 aromatic heterocycles. The van der Waals surface area contributed by atoms with E-state index in [9.17, 15) is 0 Å². The van der Waals surface area contributed by atoms with Crippen LogP contribution in [0.1, 0.15) is 38.5 Å². The Morgan fingerprint density at radius 2 is 2.08 bits per heavy atom. The van der Waals surface area contributed by atoms with Gasteiger partial charge in [-0.25, -0.2) is 0 Å². The fourth-order valence-electron chi connectivity index (χ4n) is 2.00. The molecule has 0 aromatic rings. The minimum Gasteiger partial charge on any atom is -0.310 e. The van der Waals surface area contributed by atoms with Gasteiger partial charge in [0.1, 0.15) is 0 Å². The van der Waals surface area contributed by atoms with Crippen molar-refractivity contribution in [1.29, 1.82) is 0 Å². The lowest BCUT2D eigenvalue weighted by atomic mass is 9.85. The molecule has 1 atom stereocenters. The van der Waals surface area contributed by atoms with Crippen molar-refractivity contribution in [3.05, 3.63) is 12.2 Å². The molecule has 1 saturated carbocycles. The van der Waals surface area contributed by atoms with Crippen molar-refractivity contribution in [2.75, 3.05) is 6.54 Å². The number of nitrogens with one attached hydrogen (secondary N) is 1. The van der Waals surface area contributed by atoms with Crippen molar-refractivity contribution >= 4 is 0 Å². The van der Waals surface area contributed by atoms with Crippen LogP contribution in [0.5, 0.6) is 0 Å². The molecule has 2 aliphatic carbocycles. The zero-order valence-corrected chi connectivity index (χ0v) is 7.76. The molecule has 12 heavy (non-hydrogen) atoms. The van der Waals surface area contributed by atoms with Crippen LogP contribution in [0.4, 0.5) is 0 Å². The number of allylic oxidation sites excluding steroid dienone is 1. The SMILES string of the molecule is C1=CC(NCC2CCC2)CCC1. The molecule has 1 unspecified atom stereocenters. The highest BCUT2D eigenvalue weighted by Crippen LogP contribution is 2.25. The molecule has 0 saturated heterocycles. The summed E-state index contributed by atoms with van der Waals surface area (Å²) in [7, 11) is 0. The predicted octanol–water partition coefficient (Wildman–Crippen LogP) is 2.48. The van der Waals surface area contributed by atoms with Crippen LogP contribution >= 0.6 is 0 Å². The molecule has 0 aromatic carbocycles. The Bertz CT molecular complexity index is 158. The molecule has 0 aliphatic heterocycles. The summed E-state index contributed by atoms with van der Waals surface area (Å²) in [6.07, 6.45) is 13.1. The molecular weight excluding hydrogens is 146 g/mol. The molecular formula is C11H19N. The first-order valence-corrected chi connectivity index (χ1v) is 5.35. The van der Waals surface area contributed by atoms with Gasteiger partial charge in [-0.15, -0.1) is 0 Å². The van der Waals surface area contributed by atoms with Crippen molar-refractivity contribution in [3.8, 4) is 0 Å². The van der Waals surface area contributed by atoms with Crippen molar-refractivity contribution < 1.29 is 0 Å². The second-order valence-electron chi connectivity index (χ2n) is 4.17. The van der Waals surface area contributed by atoms with E-state index >= 15 is 0 Å². The summed E-state index contributed by atoms with van der Waals surface area (Å²) in [4.78, 5) is 0. The van der Waals surface area contributed by atoms with Crippen LogP contribution in [0.15, 0.2) is 12.2 Å². The minimum atomic E-state index is 0.694. The summed E-state index contributed by atoms with van der Waals surface area (Å²) in [5.41, 5.74) is 0. The summed E-state index contributed by atoms with van der Waals surface area (Å²) in [5.74, 6) is 1.00. The van der Waals surface area contributed by atoms with E-state index in [1.165, 1.54) is 45.1 Å². The van der Waals surface area contributed by atoms with E-state index in [4.69, 9.17) is 0 Å². The Kier molecular flexibility index (Phi) is 2.83. The monoisotopic (exact) mass is 165 g/mol. The highest BCUT2D eigenvalue weighted by atomic mass is 14.9. The smallest absolute Gasteiger partial charge is 0.0250 e. The lowest BCUT2D eigenvalue weighted by Gasteiger charge is -2.28. The zero-order valence-electron chi connectivity index (χ0n) is 7.76. The van der Waals surface area contributed by atoms with E-state index in [1.54, 1.807) is 0 Å². The molecule has 0 bridgehead atoms. The first-order valence-electron chi connectivity index (χ1n) is 5.35. The van der Waals surface area contributed by atoms with Gasteiger partial charge in [-0.3, -0.25) is 0 Å². The summed E-state index contributed by atoms with van der Waals surface area (Å²) >= 11 is 0. The molecule has 1 heteroatoms. The Hall–Kier alpha value is -0.300. The van der Waals surface area contributed by atoms with Gasteiger partial charge in [0.2, 0.25) is 0 Å². The van der Waals surface area contributed by atoms with Gasteiger partial charge in [-0.2, -0.15) is 0 Å². The fourth-order valence-corrected chi connectivity index (χ4v) is 2.00. The zero-order chi connectivity index (χ0) is 8.23. The van der Waals surface area contributed by atoms with Crippen LogP contribution < -0.4 is 5.32 Å². The first-order chi connectivity index (χ1) is 5.95. The maximum absolute atomic E-state index is 3.64. The van der Waals surface area contributed by atoms with Crippen LogP contribution in [0, 0.1) is 5.92 Å². The van der Waals surface area contributed by atoms with E-state index < -0.39 is 0 Å². The van der Waals surface area contributed by atoms with Crippen LogP contribution in [0.3, 0.4) is 0 Å². The fraction of sp³-hybridized carbons (Fsp3) is 0.818. The number of rotatable bonds is 3. The van der Waals surface area contributed by atoms with E-state index in [1.807, 2.05) is 0 Å². The van der Waals surface area contributed by atoms with Gasteiger partial charge in [0, 0.05) is 6.04 Å². The van der Waals surface area contributed by atoms with Gasteiger partial charge in [-0.05, 0) is 44.6 Å². The maximum Gasteiger partial charge on any atom is 0.0250 e. The lowest BCUT2D eigenvalue weighted by molar-refractivity contribution is 0.292. The van der Waals surface area contributed by atoms with Crippen LogP contribution in [0.25, 0.3) is 0 Å². The van der Waals surface area contributed by atoms with Crippen LogP contribution in [-0.4, -0.2) is 12.6 Å². The second-order valence-corrected chi connectivity index (χ2v) is 4.17. The summed E-state index contributed by atoms with van der Waals surface area (Å²) < 4.78 is 0. The predicted molar refractivity (Wildman–Crippen MR) is 52.1 cm³/mol. The van der Waals surface area contributed by atoms with Crippen molar-refractivity contribution in [1.82, 2.24) is 5.32 Å². The molecule has 0 amide bonds. The molecule has 0 radical (unpaired) electrons. The topological polar surface area (TPSA) is 12.0 Å². The van der Waals surface area contributed by atoms with Crippen LogP contribution in [0.2, 0.25) is 0 Å². The van der Waals surface area contributed by atoms with E-state index in [-0.39, 0.29) is 0 Å². The quantitative estimate of drug-likeness (QED) is 0.633. The maximum atomic E-state index is 3.64. The van der Waals surface area contributed by atoms with E-state index in [0.29, 0.717) is 6.04 Å². The molecule has 0 heterocycles. The van der Waals surface area contributed by atoms with Gasteiger partial charge >= 0.3 is 0 Å². The van der Waals surface area contributed by atoms with Gasteiger partial charge in [-0.1, -0.05) is 18.6 Å². The highest BCUT2D eigenvalue weighted by Gasteiger charge is 2.18. The Morgan fingerprint density at radius 1 is 1.17 bits per heavy atom. The summed E-state index contributed by atoms with van der Waals surface area (Å²) in [5, 5.41) is 3.64. The highest BCUT2D eigenvalue weighted by molar-refractivity contribution is 4.97. The third-order valence-electron chi connectivity index (χ3n) is 3.15. The molecule has 1 fully saturated rings. The van der Waals surface area contributed by atoms with Gasteiger partial charge < -0.3 is 5.32 Å². The Balaban J connectivity index is 1.64. The third kappa shape index (κ3) is 2.10. The van der Waals surface area contributed by atoms with Crippen molar-refractivity contribution in [2.24, 2.45) is 5.92 Å². The molecule has 1 nitrogen and oxygen atoms in total. The van der Waals surface area contributed by atoms with E-state index in [0.717, 1.165) is 5.92 Å². The molecule has 2 rings (SSSR count). The van der Waals surface area contributed by atoms with Gasteiger partial charge in [0.05, 0.1) is 0 Å². The first kappa shape index (κ1) is 8.31. The number of hydrogen-bond donors (Lipinski definition) is 1. The normalized spacial score (nSPS) is 30.2. The number of hydrogen-bond acceptors (Lipinski definition) is 1. The average molecular weight is 165 g/mol. The molecule has 0 spiro atoms. The standard InChI is InChI=1S/C11H19N/c1-2-7-11(8-3-1)12-9-10-5-4-6-10/h2,7,10-12H,1,3-6,8-9H2. The summed E-state index contributed by atoms with van der Waals surface area (Å²) in [6, 6.07) is 0.694. The van der Waals surface area contributed by atoms with Crippen LogP contribution in [-0.2, 0) is 0 Å². The molecule has 2 aliphatic rings. The van der Waals surface area contributed by atoms with E-state index in [2.05, 4.69) is 17.5 Å². The van der Waals surface area contributed by atoms with Crippen molar-refractivity contribution in [2.45, 2.75) is 44.6 Å². The lowest BCUT2D eigenvalue weighted by Crippen LogP contribution is -2.35. The van der Waals surface area contributed by atoms with Gasteiger partial charge in [0.15, 0.2) is 0 Å². The van der Waals surface area contributed by atoms with Gasteiger partial charge in [0.25, 0.3) is 0 Å². The third-order valence-corrected chi connectivity index (χ3v) is 3.15. The molecule has 68 valence electrons. The summed E-state index contributed by atoms with van der Waals surface area (Å²) in [6.45, 7) is 1.26. The Morgan fingerprint density at radius 3 is 2.67 bits per heavy atom. The Labute approximate surface area is 75.2 Å². The second kappa shape index (κ2) is 4.08. The average Bonchev–Trinajstić information content (AvgIpc) is 2.04. The minimum absolute atomic E-state index is 0.694. The molecule has 1 N–H and O–H groups in total.